The monoisotopic (exact) mass is 295 g/mol. The number of carbonyl (C=O) groups excluding carboxylic acids is 1. The van der Waals surface area contributed by atoms with Gasteiger partial charge in [-0.15, -0.1) is 0 Å². The van der Waals surface area contributed by atoms with Crippen molar-refractivity contribution < 1.29 is 14.6 Å². The Balaban J connectivity index is 3.03. The molecule has 0 aliphatic rings. The molecule has 1 rings (SSSR count). The molecule has 1 aromatic rings. The van der Waals surface area contributed by atoms with E-state index in [-0.39, 0.29) is 11.6 Å². The van der Waals surface area contributed by atoms with E-state index < -0.39 is 27.1 Å². The van der Waals surface area contributed by atoms with Crippen LogP contribution in [0.15, 0.2) is 18.2 Å². The Morgan fingerprint density at radius 3 is 1.95 bits per heavy atom. The Morgan fingerprint density at radius 1 is 1.10 bits per heavy atom. The SMILES string of the molecule is CC(C)CC(C)NC(=O)c1cc([N+](=O)[O-])cc([N+](=O)[O-])c1. The van der Waals surface area contributed by atoms with Crippen LogP contribution in [-0.2, 0) is 0 Å². The molecule has 21 heavy (non-hydrogen) atoms. The topological polar surface area (TPSA) is 115 Å². The third-order valence-electron chi connectivity index (χ3n) is 2.79. The third-order valence-corrected chi connectivity index (χ3v) is 2.79. The van der Waals surface area contributed by atoms with Crippen molar-refractivity contribution in [1.29, 1.82) is 0 Å². The molecule has 0 heterocycles. The molecule has 1 atom stereocenters. The first kappa shape index (κ1) is 16.5. The second-order valence-corrected chi connectivity index (χ2v) is 5.26. The number of hydrogen-bond acceptors (Lipinski definition) is 5. The molecule has 8 nitrogen and oxygen atoms in total. The van der Waals surface area contributed by atoms with Gasteiger partial charge in [0.05, 0.1) is 21.5 Å². The molecule has 0 bridgehead atoms. The second-order valence-electron chi connectivity index (χ2n) is 5.26. The number of carbonyl (C=O) groups is 1. The molecule has 1 amide bonds. The van der Waals surface area contributed by atoms with Gasteiger partial charge in [0.1, 0.15) is 0 Å². The Hall–Kier alpha value is -2.51. The molecule has 8 heteroatoms. The fraction of sp³-hybridized carbons (Fsp3) is 0.462. The molecule has 0 aliphatic carbocycles. The van der Waals surface area contributed by atoms with Crippen molar-refractivity contribution >= 4 is 17.3 Å². The van der Waals surface area contributed by atoms with E-state index in [0.717, 1.165) is 24.6 Å². The highest BCUT2D eigenvalue weighted by Crippen LogP contribution is 2.22. The molecule has 114 valence electrons. The summed E-state index contributed by atoms with van der Waals surface area (Å²) in [5.41, 5.74) is -1.05. The number of amides is 1. The minimum absolute atomic E-state index is 0.0912. The number of hydrogen-bond donors (Lipinski definition) is 1. The lowest BCUT2D eigenvalue weighted by atomic mass is 10.0. The van der Waals surface area contributed by atoms with Crippen molar-refractivity contribution in [3.8, 4) is 0 Å². The lowest BCUT2D eigenvalue weighted by Gasteiger charge is -2.15. The Labute approximate surface area is 121 Å². The highest BCUT2D eigenvalue weighted by molar-refractivity contribution is 5.95. The highest BCUT2D eigenvalue weighted by atomic mass is 16.6. The highest BCUT2D eigenvalue weighted by Gasteiger charge is 2.20. The molecule has 0 saturated carbocycles. The Morgan fingerprint density at radius 2 is 1.57 bits per heavy atom. The minimum Gasteiger partial charge on any atom is -0.350 e. The van der Waals surface area contributed by atoms with Crippen LogP contribution in [0.25, 0.3) is 0 Å². The summed E-state index contributed by atoms with van der Waals surface area (Å²) in [6, 6.07) is 2.76. The van der Waals surface area contributed by atoms with Gasteiger partial charge in [0.15, 0.2) is 0 Å². The van der Waals surface area contributed by atoms with Crippen LogP contribution in [0.1, 0.15) is 37.6 Å². The number of rotatable bonds is 6. The average Bonchev–Trinajstić information content (AvgIpc) is 2.36. The van der Waals surface area contributed by atoms with Crippen molar-refractivity contribution in [3.05, 3.63) is 44.0 Å². The first-order valence-corrected chi connectivity index (χ1v) is 6.45. The maximum absolute atomic E-state index is 12.0. The maximum Gasteiger partial charge on any atom is 0.277 e. The standard InChI is InChI=1S/C13H17N3O5/c1-8(2)4-9(3)14-13(17)10-5-11(15(18)19)7-12(6-10)16(20)21/h5-9H,4H2,1-3H3,(H,14,17). The van der Waals surface area contributed by atoms with E-state index in [1.165, 1.54) is 0 Å². The van der Waals surface area contributed by atoms with Gasteiger partial charge in [-0.25, -0.2) is 0 Å². The van der Waals surface area contributed by atoms with Crippen LogP contribution in [0.5, 0.6) is 0 Å². The molecular formula is C13H17N3O5. The number of nitro benzene ring substituents is 2. The van der Waals surface area contributed by atoms with E-state index in [1.807, 2.05) is 20.8 Å². The number of non-ortho nitro benzene ring substituents is 2. The zero-order valence-corrected chi connectivity index (χ0v) is 12.0. The zero-order chi connectivity index (χ0) is 16.2. The Kier molecular flexibility index (Phi) is 5.34. The van der Waals surface area contributed by atoms with Crippen LogP contribution in [0, 0.1) is 26.1 Å². The summed E-state index contributed by atoms with van der Waals surface area (Å²) in [6.45, 7) is 5.81. The van der Waals surface area contributed by atoms with Gasteiger partial charge in [0, 0.05) is 18.2 Å². The third kappa shape index (κ3) is 4.83. The molecule has 0 spiro atoms. The predicted molar refractivity (Wildman–Crippen MR) is 76.1 cm³/mol. The van der Waals surface area contributed by atoms with E-state index in [2.05, 4.69) is 5.32 Å². The molecule has 0 fully saturated rings. The summed E-state index contributed by atoms with van der Waals surface area (Å²) in [4.78, 5) is 32.0. The van der Waals surface area contributed by atoms with Crippen LogP contribution in [-0.4, -0.2) is 21.8 Å². The number of nitro groups is 2. The first-order chi connectivity index (χ1) is 9.70. The van der Waals surface area contributed by atoms with E-state index >= 15 is 0 Å². The molecule has 0 aromatic heterocycles. The van der Waals surface area contributed by atoms with Gasteiger partial charge in [-0.3, -0.25) is 25.0 Å². The quantitative estimate of drug-likeness (QED) is 0.639. The van der Waals surface area contributed by atoms with E-state index in [1.54, 1.807) is 0 Å². The summed E-state index contributed by atoms with van der Waals surface area (Å²) < 4.78 is 0. The molecule has 0 radical (unpaired) electrons. The minimum atomic E-state index is -0.763. The summed E-state index contributed by atoms with van der Waals surface area (Å²) >= 11 is 0. The van der Waals surface area contributed by atoms with Gasteiger partial charge in [-0.1, -0.05) is 13.8 Å². The van der Waals surface area contributed by atoms with Gasteiger partial charge < -0.3 is 5.32 Å². The van der Waals surface area contributed by atoms with E-state index in [4.69, 9.17) is 0 Å². The van der Waals surface area contributed by atoms with Crippen LogP contribution in [0.2, 0.25) is 0 Å². The van der Waals surface area contributed by atoms with Crippen molar-refractivity contribution in [1.82, 2.24) is 5.32 Å². The largest absolute Gasteiger partial charge is 0.350 e. The summed E-state index contributed by atoms with van der Waals surface area (Å²) in [6.07, 6.45) is 0.739. The molecular weight excluding hydrogens is 278 g/mol. The van der Waals surface area contributed by atoms with Crippen molar-refractivity contribution in [2.24, 2.45) is 5.92 Å². The summed E-state index contributed by atoms with van der Waals surface area (Å²) in [5, 5.41) is 24.2. The Bertz CT molecular complexity index is 539. The van der Waals surface area contributed by atoms with E-state index in [9.17, 15) is 25.0 Å². The van der Waals surface area contributed by atoms with Gasteiger partial charge in [0.2, 0.25) is 0 Å². The van der Waals surface area contributed by atoms with Crippen LogP contribution in [0.3, 0.4) is 0 Å². The van der Waals surface area contributed by atoms with Gasteiger partial charge >= 0.3 is 0 Å². The van der Waals surface area contributed by atoms with Gasteiger partial charge in [0.25, 0.3) is 17.3 Å². The number of nitrogens with one attached hydrogen (secondary N) is 1. The molecule has 0 aliphatic heterocycles. The maximum atomic E-state index is 12.0. The molecule has 1 N–H and O–H groups in total. The zero-order valence-electron chi connectivity index (χ0n) is 12.0. The number of benzene rings is 1. The van der Waals surface area contributed by atoms with Crippen molar-refractivity contribution in [2.45, 2.75) is 33.2 Å². The lowest BCUT2D eigenvalue weighted by molar-refractivity contribution is -0.394. The predicted octanol–water partition coefficient (Wildman–Crippen LogP) is 2.67. The van der Waals surface area contributed by atoms with Crippen molar-refractivity contribution in [3.63, 3.8) is 0 Å². The van der Waals surface area contributed by atoms with Crippen LogP contribution >= 0.6 is 0 Å². The van der Waals surface area contributed by atoms with Gasteiger partial charge in [-0.2, -0.15) is 0 Å². The van der Waals surface area contributed by atoms with Gasteiger partial charge in [-0.05, 0) is 19.3 Å². The van der Waals surface area contributed by atoms with Crippen molar-refractivity contribution in [2.75, 3.05) is 0 Å². The fourth-order valence-corrected chi connectivity index (χ4v) is 2.01. The lowest BCUT2D eigenvalue weighted by Crippen LogP contribution is -2.33. The fourth-order valence-electron chi connectivity index (χ4n) is 2.01. The first-order valence-electron chi connectivity index (χ1n) is 6.45. The van der Waals surface area contributed by atoms with E-state index in [0.29, 0.717) is 5.92 Å². The normalized spacial score (nSPS) is 12.0. The summed E-state index contributed by atoms with van der Waals surface area (Å²) in [5.74, 6) is -0.185. The van der Waals surface area contributed by atoms with Crippen LogP contribution in [0.4, 0.5) is 11.4 Å². The molecule has 1 unspecified atom stereocenters. The van der Waals surface area contributed by atoms with Crippen LogP contribution < -0.4 is 5.32 Å². The smallest absolute Gasteiger partial charge is 0.277 e. The molecule has 0 saturated heterocycles. The molecule has 1 aromatic carbocycles. The number of nitrogens with zero attached hydrogens (tertiary/aromatic N) is 2. The average molecular weight is 295 g/mol. The summed E-state index contributed by atoms with van der Waals surface area (Å²) in [7, 11) is 0. The second kappa shape index (κ2) is 6.78.